The SMILES string of the molecule is O=S(=O)(c1ccccc1)N1C2C=CC(C2)C1(C(F)(F)F)C(F)(F)Cl. The summed E-state index contributed by atoms with van der Waals surface area (Å²) in [6.07, 6.45) is -3.80. The molecule has 3 nitrogen and oxygen atoms in total. The van der Waals surface area contributed by atoms with Gasteiger partial charge in [-0.3, -0.25) is 0 Å². The van der Waals surface area contributed by atoms with Crippen LogP contribution in [0.4, 0.5) is 22.0 Å². The highest BCUT2D eigenvalue weighted by atomic mass is 35.5. The van der Waals surface area contributed by atoms with E-state index in [-0.39, 0.29) is 4.31 Å². The highest BCUT2D eigenvalue weighted by Crippen LogP contribution is 2.62. The second-order valence-corrected chi connectivity index (χ2v) is 7.96. The largest absolute Gasteiger partial charge is 0.415 e. The van der Waals surface area contributed by atoms with Crippen molar-refractivity contribution in [1.82, 2.24) is 4.31 Å². The first-order valence-electron chi connectivity index (χ1n) is 6.85. The molecule has 1 fully saturated rings. The topological polar surface area (TPSA) is 37.4 Å². The number of alkyl halides is 6. The summed E-state index contributed by atoms with van der Waals surface area (Å²) in [5.74, 6) is -1.76. The first kappa shape index (κ1) is 17.6. The van der Waals surface area contributed by atoms with Crippen molar-refractivity contribution in [2.45, 2.75) is 34.5 Å². The van der Waals surface area contributed by atoms with Gasteiger partial charge in [-0.2, -0.15) is 26.3 Å². The average molecular weight is 388 g/mol. The zero-order valence-corrected chi connectivity index (χ0v) is 13.4. The molecule has 132 valence electrons. The Balaban J connectivity index is 2.28. The lowest BCUT2D eigenvalue weighted by Gasteiger charge is -2.46. The minimum Gasteiger partial charge on any atom is -0.207 e. The maximum atomic E-state index is 14.0. The molecule has 3 unspecified atom stereocenters. The minimum atomic E-state index is -5.57. The summed E-state index contributed by atoms with van der Waals surface area (Å²) >= 11 is 4.87. The number of hydrogen-bond acceptors (Lipinski definition) is 2. The monoisotopic (exact) mass is 387 g/mol. The molecule has 3 rings (SSSR count). The van der Waals surface area contributed by atoms with Crippen LogP contribution in [0, 0.1) is 5.92 Å². The number of nitrogens with zero attached hydrogens (tertiary/aromatic N) is 1. The first-order valence-corrected chi connectivity index (χ1v) is 8.67. The fourth-order valence-corrected chi connectivity index (χ4v) is 5.86. The number of hydrogen-bond donors (Lipinski definition) is 0. The van der Waals surface area contributed by atoms with E-state index in [0.717, 1.165) is 18.2 Å². The molecule has 0 spiro atoms. The Kier molecular flexibility index (Phi) is 3.79. The Morgan fingerprint density at radius 2 is 1.67 bits per heavy atom. The summed E-state index contributed by atoms with van der Waals surface area (Å²) in [5.41, 5.74) is -4.02. The van der Waals surface area contributed by atoms with E-state index in [4.69, 9.17) is 11.6 Å². The van der Waals surface area contributed by atoms with Gasteiger partial charge in [0.25, 0.3) is 0 Å². The van der Waals surface area contributed by atoms with Gasteiger partial charge in [-0.05, 0) is 30.2 Å². The molecule has 0 saturated carbocycles. The third-order valence-corrected chi connectivity index (χ3v) is 6.64. The van der Waals surface area contributed by atoms with Crippen molar-refractivity contribution in [2.75, 3.05) is 0 Å². The van der Waals surface area contributed by atoms with Crippen LogP contribution in [0.2, 0.25) is 0 Å². The third kappa shape index (κ3) is 2.14. The van der Waals surface area contributed by atoms with E-state index in [9.17, 15) is 30.4 Å². The van der Waals surface area contributed by atoms with Gasteiger partial charge in [-0.15, -0.1) is 0 Å². The Bertz CT molecular complexity index is 759. The third-order valence-electron chi connectivity index (χ3n) is 4.41. The van der Waals surface area contributed by atoms with E-state index >= 15 is 0 Å². The Labute approximate surface area is 139 Å². The molecule has 24 heavy (non-hydrogen) atoms. The molecule has 1 aromatic carbocycles. The second-order valence-electron chi connectivity index (χ2n) is 5.67. The summed E-state index contributed by atoms with van der Waals surface area (Å²) < 4.78 is 94.7. The van der Waals surface area contributed by atoms with Crippen LogP contribution in [0.15, 0.2) is 47.4 Å². The van der Waals surface area contributed by atoms with E-state index in [1.165, 1.54) is 24.3 Å². The maximum absolute atomic E-state index is 14.0. The van der Waals surface area contributed by atoms with Gasteiger partial charge in [0.05, 0.1) is 4.90 Å². The number of fused-ring (bicyclic) bond motifs is 2. The molecule has 0 amide bonds. The molecule has 1 heterocycles. The Hall–Kier alpha value is -1.19. The molecule has 0 radical (unpaired) electrons. The van der Waals surface area contributed by atoms with Crippen molar-refractivity contribution in [2.24, 2.45) is 5.92 Å². The normalized spacial score (nSPS) is 30.9. The molecule has 2 bridgehead atoms. The zero-order chi connectivity index (χ0) is 18.0. The molecular weight excluding hydrogens is 377 g/mol. The van der Waals surface area contributed by atoms with Gasteiger partial charge in [-0.25, -0.2) is 8.42 Å². The fraction of sp³-hybridized carbons (Fsp3) is 0.429. The van der Waals surface area contributed by atoms with Crippen LogP contribution >= 0.6 is 11.6 Å². The van der Waals surface area contributed by atoms with Crippen molar-refractivity contribution in [3.8, 4) is 0 Å². The predicted octanol–water partition coefficient (Wildman–Crippen LogP) is 3.77. The average Bonchev–Trinajstić information content (AvgIpc) is 3.05. The van der Waals surface area contributed by atoms with Gasteiger partial charge >= 0.3 is 11.6 Å². The minimum absolute atomic E-state index is 0.160. The van der Waals surface area contributed by atoms with Gasteiger partial charge in [0.15, 0.2) is 0 Å². The van der Waals surface area contributed by atoms with Gasteiger partial charge in [0, 0.05) is 12.0 Å². The fourth-order valence-electron chi connectivity index (χ4n) is 3.49. The molecular formula is C14H11ClF5NO2S. The predicted molar refractivity (Wildman–Crippen MR) is 76.1 cm³/mol. The Morgan fingerprint density at radius 3 is 2.17 bits per heavy atom. The highest BCUT2D eigenvalue weighted by molar-refractivity contribution is 7.89. The second kappa shape index (κ2) is 5.15. The smallest absolute Gasteiger partial charge is 0.207 e. The van der Waals surface area contributed by atoms with Crippen LogP contribution in [0.3, 0.4) is 0 Å². The molecule has 0 aromatic heterocycles. The molecule has 2 aliphatic rings. The lowest BCUT2D eigenvalue weighted by Crippen LogP contribution is -2.70. The van der Waals surface area contributed by atoms with E-state index in [0.29, 0.717) is 0 Å². The van der Waals surface area contributed by atoms with Crippen LogP contribution in [-0.4, -0.2) is 35.9 Å². The molecule has 1 aromatic rings. The number of benzene rings is 1. The maximum Gasteiger partial charge on any atom is 0.415 e. The molecule has 10 heteroatoms. The summed E-state index contributed by atoms with van der Waals surface area (Å²) in [7, 11) is -4.85. The van der Waals surface area contributed by atoms with Crippen molar-refractivity contribution >= 4 is 21.6 Å². The van der Waals surface area contributed by atoms with Crippen LogP contribution < -0.4 is 0 Å². The molecule has 0 N–H and O–H groups in total. The van der Waals surface area contributed by atoms with Crippen LogP contribution in [-0.2, 0) is 10.0 Å². The number of sulfonamides is 1. The highest BCUT2D eigenvalue weighted by Gasteiger charge is 2.81. The first-order chi connectivity index (χ1) is 10.9. The van der Waals surface area contributed by atoms with Crippen molar-refractivity contribution in [3.63, 3.8) is 0 Å². The molecule has 1 aliphatic carbocycles. The standard InChI is InChI=1S/C14H11ClF5NO2S/c15-13(16,17)12(14(18,19)20)9-6-7-10(8-9)21(12)24(22,23)11-4-2-1-3-5-11/h1-7,9-10H,8H2. The van der Waals surface area contributed by atoms with Crippen LogP contribution in [0.25, 0.3) is 0 Å². The molecule has 1 saturated heterocycles. The van der Waals surface area contributed by atoms with Crippen LogP contribution in [0.5, 0.6) is 0 Å². The van der Waals surface area contributed by atoms with Crippen molar-refractivity contribution < 1.29 is 30.4 Å². The summed E-state index contributed by atoms with van der Waals surface area (Å²) in [5, 5.41) is -4.84. The van der Waals surface area contributed by atoms with Crippen LogP contribution in [0.1, 0.15) is 6.42 Å². The lowest BCUT2D eigenvalue weighted by atomic mass is 9.85. The summed E-state index contributed by atoms with van der Waals surface area (Å²) in [4.78, 5) is -0.500. The van der Waals surface area contributed by atoms with E-state index in [1.54, 1.807) is 0 Å². The van der Waals surface area contributed by atoms with Crippen molar-refractivity contribution in [3.05, 3.63) is 42.5 Å². The molecule has 1 aliphatic heterocycles. The quantitative estimate of drug-likeness (QED) is 0.450. The Morgan fingerprint density at radius 1 is 1.08 bits per heavy atom. The number of rotatable bonds is 3. The van der Waals surface area contributed by atoms with E-state index in [2.05, 4.69) is 0 Å². The van der Waals surface area contributed by atoms with Crippen molar-refractivity contribution in [1.29, 1.82) is 0 Å². The summed E-state index contributed by atoms with van der Waals surface area (Å²) in [6.45, 7) is 0. The van der Waals surface area contributed by atoms with Gasteiger partial charge in [-0.1, -0.05) is 30.4 Å². The number of halogens is 6. The molecule has 3 atom stereocenters. The zero-order valence-electron chi connectivity index (χ0n) is 11.8. The van der Waals surface area contributed by atoms with E-state index in [1.807, 2.05) is 0 Å². The van der Waals surface area contributed by atoms with E-state index < -0.39 is 50.4 Å². The van der Waals surface area contributed by atoms with Gasteiger partial charge < -0.3 is 0 Å². The summed E-state index contributed by atoms with van der Waals surface area (Å²) in [6, 6.07) is 4.83. The lowest BCUT2D eigenvalue weighted by molar-refractivity contribution is -0.269. The van der Waals surface area contributed by atoms with Gasteiger partial charge in [0.2, 0.25) is 15.6 Å². The van der Waals surface area contributed by atoms with Gasteiger partial charge in [0.1, 0.15) is 0 Å².